The molecule has 0 saturated heterocycles. The molecule has 0 radical (unpaired) electrons. The highest BCUT2D eigenvalue weighted by Gasteiger charge is 2.08. The monoisotopic (exact) mass is 225 g/mol. The van der Waals surface area contributed by atoms with Gasteiger partial charge in [0, 0.05) is 0 Å². The summed E-state index contributed by atoms with van der Waals surface area (Å²) in [6.45, 7) is -0.0268. The summed E-state index contributed by atoms with van der Waals surface area (Å²) in [5.41, 5.74) is 0.880. The predicted molar refractivity (Wildman–Crippen MR) is 54.7 cm³/mol. The van der Waals surface area contributed by atoms with E-state index in [0.29, 0.717) is 18.4 Å². The average molecular weight is 225 g/mol. The summed E-state index contributed by atoms with van der Waals surface area (Å²) in [5, 5.41) is 17.9. The van der Waals surface area contributed by atoms with E-state index < -0.39 is 11.1 Å². The molecular formula is C10H11NO5. The lowest BCUT2D eigenvalue weighted by molar-refractivity contribution is -0.757. The van der Waals surface area contributed by atoms with Crippen LogP contribution in [0.15, 0.2) is 24.3 Å². The molecular weight excluding hydrogens is 214 g/mol. The Morgan fingerprint density at radius 1 is 1.44 bits per heavy atom. The molecule has 1 rings (SSSR count). The van der Waals surface area contributed by atoms with Crippen LogP contribution < -0.4 is 0 Å². The number of carboxylic acids is 1. The molecule has 6 nitrogen and oxygen atoms in total. The SMILES string of the molecule is O=C(O)c1ccccc1CCCO[N+](=O)[O-]. The van der Waals surface area contributed by atoms with E-state index in [-0.39, 0.29) is 12.2 Å². The van der Waals surface area contributed by atoms with E-state index in [4.69, 9.17) is 5.11 Å². The van der Waals surface area contributed by atoms with Gasteiger partial charge < -0.3 is 9.94 Å². The normalized spacial score (nSPS) is 9.75. The summed E-state index contributed by atoms with van der Waals surface area (Å²) in [5.74, 6) is -0.995. The Morgan fingerprint density at radius 3 is 2.75 bits per heavy atom. The highest BCUT2D eigenvalue weighted by molar-refractivity contribution is 5.89. The number of carboxylic acid groups (broad SMARTS) is 1. The smallest absolute Gasteiger partial charge is 0.335 e. The average Bonchev–Trinajstić information content (AvgIpc) is 2.24. The Bertz CT molecular complexity index is 391. The van der Waals surface area contributed by atoms with Crippen LogP contribution in [0, 0.1) is 10.1 Å². The van der Waals surface area contributed by atoms with Gasteiger partial charge in [0.1, 0.15) is 0 Å². The molecule has 1 N–H and O–H groups in total. The Hall–Kier alpha value is -2.11. The molecule has 0 aromatic heterocycles. The molecule has 0 aliphatic heterocycles. The number of aromatic carboxylic acids is 1. The van der Waals surface area contributed by atoms with Crippen LogP contribution in [0.4, 0.5) is 0 Å². The number of nitrogens with zero attached hydrogens (tertiary/aromatic N) is 1. The van der Waals surface area contributed by atoms with Gasteiger partial charge in [0.05, 0.1) is 12.2 Å². The van der Waals surface area contributed by atoms with Crippen molar-refractivity contribution >= 4 is 5.97 Å². The molecule has 0 fully saturated rings. The van der Waals surface area contributed by atoms with Gasteiger partial charge in [-0.3, -0.25) is 0 Å². The van der Waals surface area contributed by atoms with E-state index in [9.17, 15) is 14.9 Å². The Balaban J connectivity index is 2.53. The first-order chi connectivity index (χ1) is 7.61. The first-order valence-corrected chi connectivity index (χ1v) is 4.70. The van der Waals surface area contributed by atoms with Crippen LogP contribution in [0.1, 0.15) is 22.3 Å². The fourth-order valence-electron chi connectivity index (χ4n) is 1.35. The van der Waals surface area contributed by atoms with E-state index in [1.54, 1.807) is 18.2 Å². The van der Waals surface area contributed by atoms with E-state index in [1.807, 2.05) is 0 Å². The maximum Gasteiger partial charge on any atom is 0.335 e. The number of hydrogen-bond acceptors (Lipinski definition) is 4. The largest absolute Gasteiger partial charge is 0.478 e. The van der Waals surface area contributed by atoms with Crippen molar-refractivity contribution in [2.45, 2.75) is 12.8 Å². The molecule has 16 heavy (non-hydrogen) atoms. The predicted octanol–water partition coefficient (Wildman–Crippen LogP) is 1.53. The van der Waals surface area contributed by atoms with Gasteiger partial charge >= 0.3 is 5.97 Å². The summed E-state index contributed by atoms with van der Waals surface area (Å²) in [4.78, 5) is 24.8. The molecule has 0 saturated carbocycles. The maximum absolute atomic E-state index is 10.8. The Labute approximate surface area is 91.6 Å². The molecule has 0 atom stereocenters. The second-order valence-electron chi connectivity index (χ2n) is 3.12. The summed E-state index contributed by atoms with van der Waals surface area (Å²) < 4.78 is 0. The highest BCUT2D eigenvalue weighted by Crippen LogP contribution is 2.11. The molecule has 6 heteroatoms. The van der Waals surface area contributed by atoms with Gasteiger partial charge in [0.2, 0.25) is 0 Å². The molecule has 86 valence electrons. The van der Waals surface area contributed by atoms with Crippen LogP contribution in [-0.4, -0.2) is 22.8 Å². The van der Waals surface area contributed by atoms with Crippen LogP contribution in [0.5, 0.6) is 0 Å². The van der Waals surface area contributed by atoms with Gasteiger partial charge in [-0.2, -0.15) is 0 Å². The molecule has 0 spiro atoms. The number of benzene rings is 1. The molecule has 0 aliphatic rings. The van der Waals surface area contributed by atoms with E-state index in [0.717, 1.165) is 0 Å². The van der Waals surface area contributed by atoms with Crippen molar-refractivity contribution in [3.05, 3.63) is 45.5 Å². The third-order valence-corrected chi connectivity index (χ3v) is 2.03. The van der Waals surface area contributed by atoms with Crippen molar-refractivity contribution in [1.29, 1.82) is 0 Å². The van der Waals surface area contributed by atoms with Crippen LogP contribution in [0.25, 0.3) is 0 Å². The van der Waals surface area contributed by atoms with E-state index in [1.165, 1.54) is 6.07 Å². The molecule has 1 aromatic carbocycles. The maximum atomic E-state index is 10.8. The Morgan fingerprint density at radius 2 is 2.12 bits per heavy atom. The third-order valence-electron chi connectivity index (χ3n) is 2.03. The lowest BCUT2D eigenvalue weighted by atomic mass is 10.0. The van der Waals surface area contributed by atoms with Crippen molar-refractivity contribution in [2.75, 3.05) is 6.61 Å². The summed E-state index contributed by atoms with van der Waals surface area (Å²) in [6.07, 6.45) is 0.849. The Kier molecular flexibility index (Phi) is 4.26. The van der Waals surface area contributed by atoms with E-state index >= 15 is 0 Å². The molecule has 0 bridgehead atoms. The van der Waals surface area contributed by atoms with Crippen molar-refractivity contribution in [3.63, 3.8) is 0 Å². The van der Waals surface area contributed by atoms with Gasteiger partial charge in [0.25, 0.3) is 5.09 Å². The fraction of sp³-hybridized carbons (Fsp3) is 0.300. The number of carbonyl (C=O) groups is 1. The highest BCUT2D eigenvalue weighted by atomic mass is 16.9. The number of rotatable bonds is 6. The second kappa shape index (κ2) is 5.69. The number of aryl methyl sites for hydroxylation is 1. The first-order valence-electron chi connectivity index (χ1n) is 4.70. The van der Waals surface area contributed by atoms with Crippen molar-refractivity contribution in [2.24, 2.45) is 0 Å². The minimum Gasteiger partial charge on any atom is -0.478 e. The van der Waals surface area contributed by atoms with E-state index in [2.05, 4.69) is 4.84 Å². The molecule has 1 aromatic rings. The lowest BCUT2D eigenvalue weighted by Crippen LogP contribution is -2.06. The zero-order valence-electron chi connectivity index (χ0n) is 8.46. The third kappa shape index (κ3) is 3.56. The summed E-state index contributed by atoms with van der Waals surface area (Å²) >= 11 is 0. The minimum atomic E-state index is -0.995. The van der Waals surface area contributed by atoms with Gasteiger partial charge in [-0.25, -0.2) is 4.79 Å². The standard InChI is InChI=1S/C10H11NO5/c12-10(13)9-6-2-1-4-8(9)5-3-7-16-11(14)15/h1-2,4,6H,3,5,7H2,(H,12,13). The molecule has 0 amide bonds. The van der Waals surface area contributed by atoms with Crippen molar-refractivity contribution in [3.8, 4) is 0 Å². The minimum absolute atomic E-state index is 0.0268. The van der Waals surface area contributed by atoms with Gasteiger partial charge in [-0.05, 0) is 24.5 Å². The van der Waals surface area contributed by atoms with Crippen LogP contribution in [-0.2, 0) is 11.3 Å². The van der Waals surface area contributed by atoms with Gasteiger partial charge in [-0.15, -0.1) is 10.1 Å². The topological polar surface area (TPSA) is 89.7 Å². The zero-order chi connectivity index (χ0) is 12.0. The van der Waals surface area contributed by atoms with Crippen molar-refractivity contribution < 1.29 is 19.8 Å². The molecule has 0 aliphatic carbocycles. The lowest BCUT2D eigenvalue weighted by Gasteiger charge is -2.04. The van der Waals surface area contributed by atoms with Gasteiger partial charge in [-0.1, -0.05) is 18.2 Å². The van der Waals surface area contributed by atoms with Gasteiger partial charge in [0.15, 0.2) is 0 Å². The summed E-state index contributed by atoms with van der Waals surface area (Å²) in [6, 6.07) is 6.57. The fourth-order valence-corrected chi connectivity index (χ4v) is 1.35. The first kappa shape index (κ1) is 12.0. The zero-order valence-corrected chi connectivity index (χ0v) is 8.46. The quantitative estimate of drug-likeness (QED) is 0.450. The van der Waals surface area contributed by atoms with Crippen LogP contribution in [0.3, 0.4) is 0 Å². The number of hydrogen-bond donors (Lipinski definition) is 1. The molecule has 0 unspecified atom stereocenters. The van der Waals surface area contributed by atoms with Crippen LogP contribution in [0.2, 0.25) is 0 Å². The second-order valence-corrected chi connectivity index (χ2v) is 3.12. The summed E-state index contributed by atoms with van der Waals surface area (Å²) in [7, 11) is 0. The van der Waals surface area contributed by atoms with Crippen LogP contribution >= 0.6 is 0 Å². The van der Waals surface area contributed by atoms with Crippen molar-refractivity contribution in [1.82, 2.24) is 0 Å². The molecule has 0 heterocycles.